The molecule has 1 atom stereocenters. The van der Waals surface area contributed by atoms with E-state index in [-0.39, 0.29) is 5.92 Å². The Bertz CT molecular complexity index is 608. The molecule has 0 saturated heterocycles. The van der Waals surface area contributed by atoms with Crippen molar-refractivity contribution >= 4 is 23.6 Å². The zero-order chi connectivity index (χ0) is 17.2. The van der Waals surface area contributed by atoms with Crippen LogP contribution in [0.1, 0.15) is 30.9 Å². The van der Waals surface area contributed by atoms with Crippen molar-refractivity contribution in [1.29, 1.82) is 0 Å². The zero-order valence-electron chi connectivity index (χ0n) is 13.0. The molecule has 0 bridgehead atoms. The average Bonchev–Trinajstić information content (AvgIpc) is 3.28. The highest BCUT2D eigenvalue weighted by atomic mass is 35.5. The van der Waals surface area contributed by atoms with Crippen LogP contribution >= 0.6 is 11.6 Å². The number of benzene rings is 1. The quantitative estimate of drug-likeness (QED) is 0.698. The number of rotatable bonds is 5. The SMILES string of the molecule is Cc1ccc(/C=C/C(=O)N(CC(F)(F)F)[C@@H](C)C2CC2)cc1Cl. The molecule has 1 saturated carbocycles. The Kier molecular flexibility index (Phi) is 5.40. The van der Waals surface area contributed by atoms with Gasteiger partial charge >= 0.3 is 6.18 Å². The van der Waals surface area contributed by atoms with Gasteiger partial charge in [-0.2, -0.15) is 13.2 Å². The Morgan fingerprint density at radius 3 is 2.61 bits per heavy atom. The monoisotopic (exact) mass is 345 g/mol. The molecule has 1 aliphatic carbocycles. The van der Waals surface area contributed by atoms with Gasteiger partial charge in [0.15, 0.2) is 0 Å². The van der Waals surface area contributed by atoms with Gasteiger partial charge in [0, 0.05) is 17.1 Å². The lowest BCUT2D eigenvalue weighted by Crippen LogP contribution is -2.44. The van der Waals surface area contributed by atoms with Crippen molar-refractivity contribution in [3.63, 3.8) is 0 Å². The van der Waals surface area contributed by atoms with E-state index < -0.39 is 24.7 Å². The van der Waals surface area contributed by atoms with Gasteiger partial charge in [-0.3, -0.25) is 4.79 Å². The Morgan fingerprint density at radius 2 is 2.09 bits per heavy atom. The Morgan fingerprint density at radius 1 is 1.43 bits per heavy atom. The van der Waals surface area contributed by atoms with Gasteiger partial charge in [0.2, 0.25) is 5.91 Å². The van der Waals surface area contributed by atoms with Gasteiger partial charge in [0.25, 0.3) is 0 Å². The largest absolute Gasteiger partial charge is 0.406 e. The van der Waals surface area contributed by atoms with E-state index in [0.717, 1.165) is 23.3 Å². The van der Waals surface area contributed by atoms with E-state index >= 15 is 0 Å². The molecule has 2 nitrogen and oxygen atoms in total. The minimum Gasteiger partial charge on any atom is -0.327 e. The molecule has 126 valence electrons. The van der Waals surface area contributed by atoms with Crippen LogP contribution in [0, 0.1) is 12.8 Å². The number of alkyl halides is 3. The van der Waals surface area contributed by atoms with Crippen LogP contribution in [-0.2, 0) is 4.79 Å². The van der Waals surface area contributed by atoms with E-state index in [1.165, 1.54) is 12.2 Å². The van der Waals surface area contributed by atoms with Crippen LogP contribution in [0.3, 0.4) is 0 Å². The maximum atomic E-state index is 12.7. The maximum absolute atomic E-state index is 12.7. The summed E-state index contributed by atoms with van der Waals surface area (Å²) < 4.78 is 38.2. The molecule has 1 aromatic rings. The molecular formula is C17H19ClF3NO. The first-order chi connectivity index (χ1) is 10.7. The molecule has 0 aliphatic heterocycles. The number of carbonyl (C=O) groups is 1. The molecule has 1 fully saturated rings. The van der Waals surface area contributed by atoms with Crippen LogP contribution in [0.25, 0.3) is 6.08 Å². The molecule has 0 N–H and O–H groups in total. The molecule has 1 aromatic carbocycles. The lowest BCUT2D eigenvalue weighted by atomic mass is 10.1. The van der Waals surface area contributed by atoms with E-state index in [1.807, 2.05) is 6.92 Å². The fraction of sp³-hybridized carbons (Fsp3) is 0.471. The van der Waals surface area contributed by atoms with Gasteiger partial charge in [-0.15, -0.1) is 0 Å². The summed E-state index contributed by atoms with van der Waals surface area (Å²) in [4.78, 5) is 13.1. The van der Waals surface area contributed by atoms with E-state index in [1.54, 1.807) is 25.1 Å². The van der Waals surface area contributed by atoms with Gasteiger partial charge in [0.1, 0.15) is 6.54 Å². The van der Waals surface area contributed by atoms with Crippen molar-refractivity contribution in [2.75, 3.05) is 6.54 Å². The van der Waals surface area contributed by atoms with E-state index in [4.69, 9.17) is 11.6 Å². The molecule has 23 heavy (non-hydrogen) atoms. The van der Waals surface area contributed by atoms with Crippen LogP contribution in [-0.4, -0.2) is 29.6 Å². The van der Waals surface area contributed by atoms with Gasteiger partial charge in [-0.05, 0) is 55.9 Å². The smallest absolute Gasteiger partial charge is 0.327 e. The van der Waals surface area contributed by atoms with E-state index in [2.05, 4.69) is 0 Å². The first kappa shape index (κ1) is 17.9. The molecule has 1 amide bonds. The molecule has 0 aromatic heterocycles. The summed E-state index contributed by atoms with van der Waals surface area (Å²) >= 11 is 6.00. The summed E-state index contributed by atoms with van der Waals surface area (Å²) in [6.45, 7) is 2.31. The van der Waals surface area contributed by atoms with Crippen molar-refractivity contribution in [2.24, 2.45) is 5.92 Å². The normalized spacial score (nSPS) is 16.6. The van der Waals surface area contributed by atoms with Crippen molar-refractivity contribution in [3.8, 4) is 0 Å². The van der Waals surface area contributed by atoms with Gasteiger partial charge in [0.05, 0.1) is 0 Å². The van der Waals surface area contributed by atoms with Crippen LogP contribution in [0.15, 0.2) is 24.3 Å². The van der Waals surface area contributed by atoms with E-state index in [9.17, 15) is 18.0 Å². The zero-order valence-corrected chi connectivity index (χ0v) is 13.8. The minimum absolute atomic E-state index is 0.170. The summed E-state index contributed by atoms with van der Waals surface area (Å²) in [6.07, 6.45) is 0.0300. The summed E-state index contributed by atoms with van der Waals surface area (Å²) in [6, 6.07) is 4.84. The van der Waals surface area contributed by atoms with Crippen molar-refractivity contribution in [1.82, 2.24) is 4.90 Å². The number of aryl methyl sites for hydroxylation is 1. The topological polar surface area (TPSA) is 20.3 Å². The maximum Gasteiger partial charge on any atom is 0.406 e. The standard InChI is InChI=1S/C17H19ClF3NO/c1-11-3-4-13(9-15(11)18)5-8-16(23)22(10-17(19,20)21)12(2)14-6-7-14/h3-5,8-9,12,14H,6-7,10H2,1-2H3/b8-5+/t12-/m0/s1. The van der Waals surface area contributed by atoms with Crippen LogP contribution in [0.2, 0.25) is 5.02 Å². The summed E-state index contributed by atoms with van der Waals surface area (Å²) in [5, 5.41) is 0.554. The fourth-order valence-electron chi connectivity index (χ4n) is 2.42. The number of hydrogen-bond acceptors (Lipinski definition) is 1. The predicted molar refractivity (Wildman–Crippen MR) is 85.2 cm³/mol. The lowest BCUT2D eigenvalue weighted by Gasteiger charge is -2.29. The van der Waals surface area contributed by atoms with Gasteiger partial charge in [-0.25, -0.2) is 0 Å². The third-order valence-electron chi connectivity index (χ3n) is 4.04. The molecule has 2 rings (SSSR count). The minimum atomic E-state index is -4.40. The predicted octanol–water partition coefficient (Wildman–Crippen LogP) is 4.85. The lowest BCUT2D eigenvalue weighted by molar-refractivity contribution is -0.162. The van der Waals surface area contributed by atoms with Crippen LogP contribution in [0.4, 0.5) is 13.2 Å². The first-order valence-electron chi connectivity index (χ1n) is 7.49. The highest BCUT2D eigenvalue weighted by Crippen LogP contribution is 2.36. The van der Waals surface area contributed by atoms with Crippen molar-refractivity contribution in [3.05, 3.63) is 40.4 Å². The van der Waals surface area contributed by atoms with Crippen molar-refractivity contribution in [2.45, 2.75) is 38.9 Å². The molecular weight excluding hydrogens is 327 g/mol. The molecule has 1 aliphatic rings. The highest BCUT2D eigenvalue weighted by molar-refractivity contribution is 6.31. The number of halogens is 4. The second-order valence-corrected chi connectivity index (χ2v) is 6.41. The van der Waals surface area contributed by atoms with E-state index in [0.29, 0.717) is 10.6 Å². The molecule has 0 radical (unpaired) electrons. The van der Waals surface area contributed by atoms with Crippen LogP contribution < -0.4 is 0 Å². The summed E-state index contributed by atoms with van der Waals surface area (Å²) in [5.74, 6) is -0.457. The molecule has 0 spiro atoms. The summed E-state index contributed by atoms with van der Waals surface area (Å²) in [5.41, 5.74) is 1.58. The van der Waals surface area contributed by atoms with Gasteiger partial charge < -0.3 is 4.90 Å². The van der Waals surface area contributed by atoms with Crippen LogP contribution in [0.5, 0.6) is 0 Å². The number of hydrogen-bond donors (Lipinski definition) is 0. The average molecular weight is 346 g/mol. The molecule has 0 unspecified atom stereocenters. The Balaban J connectivity index is 2.12. The molecule has 0 heterocycles. The highest BCUT2D eigenvalue weighted by Gasteiger charge is 2.39. The van der Waals surface area contributed by atoms with Gasteiger partial charge in [-0.1, -0.05) is 23.7 Å². The van der Waals surface area contributed by atoms with Crippen molar-refractivity contribution < 1.29 is 18.0 Å². The Labute approximate surface area is 138 Å². The number of carbonyl (C=O) groups excluding carboxylic acids is 1. The summed E-state index contributed by atoms with van der Waals surface area (Å²) in [7, 11) is 0. The third kappa shape index (κ3) is 5.27. The first-order valence-corrected chi connectivity index (χ1v) is 7.87. The second-order valence-electron chi connectivity index (χ2n) is 6.00. The fourth-order valence-corrected chi connectivity index (χ4v) is 2.61. The second kappa shape index (κ2) is 6.95. The third-order valence-corrected chi connectivity index (χ3v) is 4.45. The molecule has 6 heteroatoms. The number of nitrogens with zero attached hydrogens (tertiary/aromatic N) is 1. The Hall–Kier alpha value is -1.49. The number of amides is 1.